The third-order valence-electron chi connectivity index (χ3n) is 4.33. The van der Waals surface area contributed by atoms with Crippen LogP contribution in [0.1, 0.15) is 57.8 Å². The lowest BCUT2D eigenvalue weighted by Gasteiger charge is -2.32. The summed E-state index contributed by atoms with van der Waals surface area (Å²) in [5, 5.41) is 3.21. The molecule has 0 saturated heterocycles. The van der Waals surface area contributed by atoms with Crippen LogP contribution in [0.5, 0.6) is 0 Å². The van der Waals surface area contributed by atoms with Crippen LogP contribution in [0, 0.1) is 0 Å². The van der Waals surface area contributed by atoms with Crippen molar-refractivity contribution < 1.29 is 4.79 Å². The fraction of sp³-hybridized carbons (Fsp3) is 0.929. The standard InChI is InChI=1S/C14H27N3O/c15-10-11-17(13-8-4-5-9-13)14(18)16-12-6-2-1-3-7-12/h12-13H,1-11,15H2,(H,16,18). The molecule has 0 spiro atoms. The summed E-state index contributed by atoms with van der Waals surface area (Å²) in [6.07, 6.45) is 10.9. The smallest absolute Gasteiger partial charge is 0.317 e. The topological polar surface area (TPSA) is 58.4 Å². The van der Waals surface area contributed by atoms with Gasteiger partial charge in [-0.3, -0.25) is 0 Å². The van der Waals surface area contributed by atoms with E-state index in [2.05, 4.69) is 5.32 Å². The number of rotatable bonds is 4. The minimum Gasteiger partial charge on any atom is -0.335 e. The molecule has 2 aliphatic carbocycles. The first kappa shape index (κ1) is 13.7. The number of amides is 2. The van der Waals surface area contributed by atoms with E-state index in [0.717, 1.165) is 25.7 Å². The van der Waals surface area contributed by atoms with Crippen molar-refractivity contribution in [1.29, 1.82) is 0 Å². The molecule has 2 fully saturated rings. The molecule has 2 saturated carbocycles. The van der Waals surface area contributed by atoms with Gasteiger partial charge in [-0.15, -0.1) is 0 Å². The van der Waals surface area contributed by atoms with E-state index in [9.17, 15) is 4.79 Å². The number of hydrogen-bond acceptors (Lipinski definition) is 2. The minimum absolute atomic E-state index is 0.124. The lowest BCUT2D eigenvalue weighted by atomic mass is 9.96. The summed E-state index contributed by atoms with van der Waals surface area (Å²) in [4.78, 5) is 14.3. The van der Waals surface area contributed by atoms with Crippen molar-refractivity contribution in [2.45, 2.75) is 69.9 Å². The molecule has 4 nitrogen and oxygen atoms in total. The molecular formula is C14H27N3O. The molecule has 2 amide bonds. The van der Waals surface area contributed by atoms with Gasteiger partial charge in [-0.2, -0.15) is 0 Å². The van der Waals surface area contributed by atoms with E-state index in [1.807, 2.05) is 4.90 Å². The largest absolute Gasteiger partial charge is 0.335 e. The number of nitrogens with two attached hydrogens (primary N) is 1. The van der Waals surface area contributed by atoms with Crippen LogP contribution in [0.15, 0.2) is 0 Å². The minimum atomic E-state index is 0.124. The van der Waals surface area contributed by atoms with E-state index < -0.39 is 0 Å². The highest BCUT2D eigenvalue weighted by atomic mass is 16.2. The van der Waals surface area contributed by atoms with Gasteiger partial charge in [0, 0.05) is 25.2 Å². The van der Waals surface area contributed by atoms with Gasteiger partial charge >= 0.3 is 6.03 Å². The summed E-state index contributed by atoms with van der Waals surface area (Å²) in [6, 6.07) is 0.948. The molecule has 2 rings (SSSR count). The monoisotopic (exact) mass is 253 g/mol. The molecule has 104 valence electrons. The Hall–Kier alpha value is -0.770. The van der Waals surface area contributed by atoms with E-state index in [1.54, 1.807) is 0 Å². The first-order valence-corrected chi connectivity index (χ1v) is 7.58. The van der Waals surface area contributed by atoms with Gasteiger partial charge in [0.15, 0.2) is 0 Å². The fourth-order valence-electron chi connectivity index (χ4n) is 3.31. The van der Waals surface area contributed by atoms with Gasteiger partial charge in [0.2, 0.25) is 0 Å². The maximum absolute atomic E-state index is 12.3. The van der Waals surface area contributed by atoms with Crippen LogP contribution in [-0.2, 0) is 0 Å². The van der Waals surface area contributed by atoms with Gasteiger partial charge < -0.3 is 16.0 Å². The third-order valence-corrected chi connectivity index (χ3v) is 4.33. The number of carbonyl (C=O) groups is 1. The Labute approximate surface area is 110 Å². The molecule has 0 bridgehead atoms. The molecule has 2 aliphatic rings. The molecular weight excluding hydrogens is 226 g/mol. The highest BCUT2D eigenvalue weighted by Crippen LogP contribution is 2.24. The maximum Gasteiger partial charge on any atom is 0.317 e. The Kier molecular flexibility index (Phi) is 5.29. The number of urea groups is 1. The molecule has 0 heterocycles. The SMILES string of the molecule is NCCN(C(=O)NC1CCCCC1)C1CCCC1. The van der Waals surface area contributed by atoms with E-state index >= 15 is 0 Å². The van der Waals surface area contributed by atoms with E-state index in [1.165, 1.54) is 32.1 Å². The molecule has 0 aliphatic heterocycles. The Bertz CT molecular complexity index is 258. The van der Waals surface area contributed by atoms with Crippen molar-refractivity contribution in [1.82, 2.24) is 10.2 Å². The zero-order chi connectivity index (χ0) is 12.8. The molecule has 0 aromatic rings. The van der Waals surface area contributed by atoms with Crippen LogP contribution in [0.3, 0.4) is 0 Å². The summed E-state index contributed by atoms with van der Waals surface area (Å²) in [7, 11) is 0. The lowest BCUT2D eigenvalue weighted by molar-refractivity contribution is 0.170. The average molecular weight is 253 g/mol. The molecule has 0 atom stereocenters. The molecule has 0 aromatic carbocycles. The van der Waals surface area contributed by atoms with Crippen LogP contribution >= 0.6 is 0 Å². The predicted molar refractivity (Wildman–Crippen MR) is 73.4 cm³/mol. The average Bonchev–Trinajstić information content (AvgIpc) is 2.90. The van der Waals surface area contributed by atoms with Gasteiger partial charge in [-0.1, -0.05) is 32.1 Å². The number of nitrogens with zero attached hydrogens (tertiary/aromatic N) is 1. The molecule has 0 radical (unpaired) electrons. The summed E-state index contributed by atoms with van der Waals surface area (Å²) in [5.74, 6) is 0. The molecule has 0 unspecified atom stereocenters. The molecule has 18 heavy (non-hydrogen) atoms. The van der Waals surface area contributed by atoms with Gasteiger partial charge in [0.1, 0.15) is 0 Å². The fourth-order valence-corrected chi connectivity index (χ4v) is 3.31. The van der Waals surface area contributed by atoms with Gasteiger partial charge in [-0.05, 0) is 25.7 Å². The summed E-state index contributed by atoms with van der Waals surface area (Å²) in [5.41, 5.74) is 5.65. The van der Waals surface area contributed by atoms with Crippen molar-refractivity contribution in [3.05, 3.63) is 0 Å². The van der Waals surface area contributed by atoms with Crippen LogP contribution in [0.25, 0.3) is 0 Å². The van der Waals surface area contributed by atoms with Crippen LogP contribution < -0.4 is 11.1 Å². The first-order valence-electron chi connectivity index (χ1n) is 7.58. The van der Waals surface area contributed by atoms with Gasteiger partial charge in [0.25, 0.3) is 0 Å². The summed E-state index contributed by atoms with van der Waals surface area (Å²) >= 11 is 0. The molecule has 0 aromatic heterocycles. The van der Waals surface area contributed by atoms with Crippen molar-refractivity contribution >= 4 is 6.03 Å². The third kappa shape index (κ3) is 3.61. The van der Waals surface area contributed by atoms with Crippen LogP contribution in [-0.4, -0.2) is 36.1 Å². The zero-order valence-electron chi connectivity index (χ0n) is 11.4. The van der Waals surface area contributed by atoms with Crippen LogP contribution in [0.4, 0.5) is 4.79 Å². The Morgan fingerprint density at radius 2 is 1.67 bits per heavy atom. The summed E-state index contributed by atoms with van der Waals surface area (Å²) in [6.45, 7) is 1.26. The Balaban J connectivity index is 1.85. The van der Waals surface area contributed by atoms with Crippen LogP contribution in [0.2, 0.25) is 0 Å². The maximum atomic E-state index is 12.3. The zero-order valence-corrected chi connectivity index (χ0v) is 11.4. The Morgan fingerprint density at radius 1 is 1.06 bits per heavy atom. The molecule has 4 heteroatoms. The number of hydrogen-bond donors (Lipinski definition) is 2. The van der Waals surface area contributed by atoms with E-state index in [0.29, 0.717) is 25.2 Å². The second kappa shape index (κ2) is 6.98. The number of nitrogens with one attached hydrogen (secondary N) is 1. The highest BCUT2D eigenvalue weighted by Gasteiger charge is 2.27. The number of carbonyl (C=O) groups excluding carboxylic acids is 1. The highest BCUT2D eigenvalue weighted by molar-refractivity contribution is 5.75. The summed E-state index contributed by atoms with van der Waals surface area (Å²) < 4.78 is 0. The second-order valence-electron chi connectivity index (χ2n) is 5.70. The lowest BCUT2D eigenvalue weighted by Crippen LogP contribution is -2.50. The second-order valence-corrected chi connectivity index (χ2v) is 5.70. The predicted octanol–water partition coefficient (Wildman–Crippen LogP) is 2.23. The Morgan fingerprint density at radius 3 is 2.28 bits per heavy atom. The first-order chi connectivity index (χ1) is 8.81. The van der Waals surface area contributed by atoms with E-state index in [4.69, 9.17) is 5.73 Å². The quantitative estimate of drug-likeness (QED) is 0.807. The van der Waals surface area contributed by atoms with Crippen molar-refractivity contribution in [2.24, 2.45) is 5.73 Å². The van der Waals surface area contributed by atoms with Crippen molar-refractivity contribution in [2.75, 3.05) is 13.1 Å². The normalized spacial score (nSPS) is 22.1. The molecule has 3 N–H and O–H groups in total. The van der Waals surface area contributed by atoms with Crippen molar-refractivity contribution in [3.8, 4) is 0 Å². The van der Waals surface area contributed by atoms with E-state index in [-0.39, 0.29) is 6.03 Å². The van der Waals surface area contributed by atoms with Crippen molar-refractivity contribution in [3.63, 3.8) is 0 Å². The van der Waals surface area contributed by atoms with Gasteiger partial charge in [-0.25, -0.2) is 4.79 Å². The van der Waals surface area contributed by atoms with Gasteiger partial charge in [0.05, 0.1) is 0 Å².